The van der Waals surface area contributed by atoms with Gasteiger partial charge in [-0.3, -0.25) is 0 Å². The van der Waals surface area contributed by atoms with Gasteiger partial charge in [-0.1, -0.05) is 38.0 Å². The summed E-state index contributed by atoms with van der Waals surface area (Å²) in [5, 5.41) is 1.52. The fraction of sp³-hybridized carbons (Fsp3) is 0.467. The second-order valence-electron chi connectivity index (χ2n) is 4.35. The molecule has 0 saturated carbocycles. The quantitative estimate of drug-likeness (QED) is 0.424. The van der Waals surface area contributed by atoms with Crippen molar-refractivity contribution < 1.29 is 0 Å². The Hall–Kier alpha value is -1.00. The Labute approximate surface area is 102 Å². The maximum Gasteiger partial charge on any atom is 0.138 e. The van der Waals surface area contributed by atoms with Gasteiger partial charge in [-0.25, -0.2) is 0 Å². The van der Waals surface area contributed by atoms with Gasteiger partial charge in [0.25, 0.3) is 0 Å². The van der Waals surface area contributed by atoms with Gasteiger partial charge in [0.1, 0.15) is 9.52 Å². The Balaban J connectivity index is 2.45. The highest BCUT2D eigenvalue weighted by atomic mass is 28.2. The number of aryl methyl sites for hydroxylation is 1. The van der Waals surface area contributed by atoms with E-state index in [2.05, 4.69) is 50.4 Å². The van der Waals surface area contributed by atoms with Crippen molar-refractivity contribution in [3.63, 3.8) is 0 Å². The molecule has 1 aromatic rings. The van der Waals surface area contributed by atoms with E-state index in [4.69, 9.17) is 0 Å². The van der Waals surface area contributed by atoms with Crippen LogP contribution in [-0.4, -0.2) is 9.52 Å². The average molecular weight is 230 g/mol. The number of benzene rings is 1. The van der Waals surface area contributed by atoms with Crippen molar-refractivity contribution in [2.24, 2.45) is 0 Å². The molecule has 1 aromatic carbocycles. The normalized spacial score (nSPS) is 10.4. The van der Waals surface area contributed by atoms with Crippen LogP contribution in [0.5, 0.6) is 0 Å². The third kappa shape index (κ3) is 4.24. The monoisotopic (exact) mass is 230 g/mol. The Morgan fingerprint density at radius 1 is 1.19 bits per heavy atom. The second-order valence-corrected chi connectivity index (χ2v) is 5.82. The minimum absolute atomic E-state index is 0.357. The zero-order chi connectivity index (χ0) is 11.8. The van der Waals surface area contributed by atoms with Crippen LogP contribution < -0.4 is 5.19 Å². The van der Waals surface area contributed by atoms with Crippen molar-refractivity contribution in [3.8, 4) is 11.5 Å². The fourth-order valence-electron chi connectivity index (χ4n) is 1.71. The molecule has 0 aliphatic carbocycles. The van der Waals surface area contributed by atoms with Crippen LogP contribution in [0.1, 0.15) is 43.7 Å². The summed E-state index contributed by atoms with van der Waals surface area (Å²) in [6.45, 7) is 6.64. The summed E-state index contributed by atoms with van der Waals surface area (Å²) in [5.74, 6) is 3.33. The third-order valence-corrected chi connectivity index (χ3v) is 4.60. The molecule has 0 N–H and O–H groups in total. The van der Waals surface area contributed by atoms with E-state index in [0.717, 1.165) is 6.42 Å². The molecule has 0 bridgehead atoms. The summed E-state index contributed by atoms with van der Waals surface area (Å²) in [7, 11) is -0.357. The molecule has 0 nitrogen and oxygen atoms in total. The second kappa shape index (κ2) is 7.30. The van der Waals surface area contributed by atoms with Crippen LogP contribution in [0.15, 0.2) is 18.2 Å². The number of unbranched alkanes of at least 4 members (excludes halogenated alkanes) is 3. The molecule has 1 rings (SSSR count). The molecule has 0 radical (unpaired) electrons. The largest absolute Gasteiger partial charge is 0.138 e. The lowest BCUT2D eigenvalue weighted by Gasteiger charge is -2.03. The van der Waals surface area contributed by atoms with Crippen LogP contribution in [0.25, 0.3) is 0 Å². The highest BCUT2D eigenvalue weighted by molar-refractivity contribution is 6.62. The van der Waals surface area contributed by atoms with Crippen LogP contribution in [0.4, 0.5) is 0 Å². The van der Waals surface area contributed by atoms with E-state index in [-0.39, 0.29) is 9.52 Å². The Morgan fingerprint density at radius 2 is 2.00 bits per heavy atom. The van der Waals surface area contributed by atoms with E-state index in [1.54, 1.807) is 0 Å². The van der Waals surface area contributed by atoms with Gasteiger partial charge in [-0.2, -0.15) is 0 Å². The lowest BCUT2D eigenvalue weighted by atomic mass is 10.1. The van der Waals surface area contributed by atoms with Crippen LogP contribution in [0, 0.1) is 25.3 Å². The smallest absolute Gasteiger partial charge is 0.134 e. The van der Waals surface area contributed by atoms with Crippen molar-refractivity contribution in [2.75, 3.05) is 0 Å². The predicted octanol–water partition coefficient (Wildman–Crippen LogP) is 2.64. The Morgan fingerprint density at radius 3 is 2.75 bits per heavy atom. The van der Waals surface area contributed by atoms with Gasteiger partial charge in [-0.05, 0) is 36.6 Å². The van der Waals surface area contributed by atoms with Crippen molar-refractivity contribution in [2.45, 2.75) is 46.5 Å². The lowest BCUT2D eigenvalue weighted by Crippen LogP contribution is -2.16. The first kappa shape index (κ1) is 13.1. The molecule has 0 heterocycles. The predicted molar refractivity (Wildman–Crippen MR) is 76.0 cm³/mol. The first-order valence-corrected chi connectivity index (χ1v) is 7.68. The SMILES string of the molecule is CCCCCC#C[SiH2]c1cccc(C)c1C. The van der Waals surface area contributed by atoms with E-state index in [1.165, 1.54) is 35.6 Å². The van der Waals surface area contributed by atoms with Crippen LogP contribution >= 0.6 is 0 Å². The van der Waals surface area contributed by atoms with Crippen LogP contribution in [0.2, 0.25) is 0 Å². The maximum atomic E-state index is 3.42. The topological polar surface area (TPSA) is 0 Å². The van der Waals surface area contributed by atoms with Gasteiger partial charge >= 0.3 is 0 Å². The van der Waals surface area contributed by atoms with E-state index in [9.17, 15) is 0 Å². The highest BCUT2D eigenvalue weighted by Gasteiger charge is 1.98. The van der Waals surface area contributed by atoms with Gasteiger partial charge in [0.15, 0.2) is 0 Å². The molecule has 0 amide bonds. The summed E-state index contributed by atoms with van der Waals surface area (Å²) in [5.41, 5.74) is 6.27. The maximum absolute atomic E-state index is 3.42. The molecular formula is C15H22Si. The van der Waals surface area contributed by atoms with Crippen molar-refractivity contribution >= 4 is 14.7 Å². The summed E-state index contributed by atoms with van der Waals surface area (Å²) in [4.78, 5) is 0. The van der Waals surface area contributed by atoms with E-state index in [1.807, 2.05) is 0 Å². The Kier molecular flexibility index (Phi) is 5.96. The first-order chi connectivity index (χ1) is 7.75. The summed E-state index contributed by atoms with van der Waals surface area (Å²) in [6.07, 6.45) is 4.96. The van der Waals surface area contributed by atoms with Crippen LogP contribution in [0.3, 0.4) is 0 Å². The zero-order valence-electron chi connectivity index (χ0n) is 10.8. The van der Waals surface area contributed by atoms with Gasteiger partial charge < -0.3 is 0 Å². The lowest BCUT2D eigenvalue weighted by molar-refractivity contribution is 0.737. The molecule has 86 valence electrons. The summed E-state index contributed by atoms with van der Waals surface area (Å²) < 4.78 is 0. The average Bonchev–Trinajstić information content (AvgIpc) is 2.29. The molecule has 0 unspecified atom stereocenters. The zero-order valence-corrected chi connectivity index (χ0v) is 12.2. The number of hydrogen-bond acceptors (Lipinski definition) is 0. The van der Waals surface area contributed by atoms with Crippen molar-refractivity contribution in [1.82, 2.24) is 0 Å². The molecule has 0 aliphatic rings. The molecule has 0 aromatic heterocycles. The molecular weight excluding hydrogens is 208 g/mol. The fourth-order valence-corrected chi connectivity index (χ4v) is 3.00. The van der Waals surface area contributed by atoms with E-state index < -0.39 is 0 Å². The van der Waals surface area contributed by atoms with E-state index >= 15 is 0 Å². The van der Waals surface area contributed by atoms with E-state index in [0.29, 0.717) is 0 Å². The minimum atomic E-state index is -0.357. The van der Waals surface area contributed by atoms with Crippen molar-refractivity contribution in [1.29, 1.82) is 0 Å². The molecule has 0 saturated heterocycles. The third-order valence-electron chi connectivity index (χ3n) is 3.03. The molecule has 1 heteroatoms. The van der Waals surface area contributed by atoms with Gasteiger partial charge in [0.2, 0.25) is 0 Å². The van der Waals surface area contributed by atoms with Gasteiger partial charge in [-0.15, -0.1) is 11.5 Å². The molecule has 0 spiro atoms. The highest BCUT2D eigenvalue weighted by Crippen LogP contribution is 2.01. The number of hydrogen-bond donors (Lipinski definition) is 0. The van der Waals surface area contributed by atoms with Gasteiger partial charge in [0, 0.05) is 6.42 Å². The molecule has 0 atom stereocenters. The molecule has 16 heavy (non-hydrogen) atoms. The number of rotatable bonds is 4. The summed E-state index contributed by atoms with van der Waals surface area (Å²) in [6, 6.07) is 6.58. The minimum Gasteiger partial charge on any atom is -0.134 e. The molecule has 0 fully saturated rings. The first-order valence-electron chi connectivity index (χ1n) is 6.26. The Bertz CT molecular complexity index is 382. The standard InChI is InChI=1S/C15H22Si/c1-4-5-6-7-8-12-16-15-11-9-10-13(2)14(15)3/h9-11H,4-7,16H2,1-3H3. The van der Waals surface area contributed by atoms with Crippen molar-refractivity contribution in [3.05, 3.63) is 29.3 Å². The van der Waals surface area contributed by atoms with Crippen LogP contribution in [-0.2, 0) is 0 Å². The molecule has 0 aliphatic heterocycles. The summed E-state index contributed by atoms with van der Waals surface area (Å²) >= 11 is 0. The van der Waals surface area contributed by atoms with Gasteiger partial charge in [0.05, 0.1) is 0 Å².